The molecule has 0 unspecified atom stereocenters. The summed E-state index contributed by atoms with van der Waals surface area (Å²) in [5.74, 6) is -1.38. The van der Waals surface area contributed by atoms with Crippen molar-refractivity contribution in [1.29, 1.82) is 0 Å². The lowest BCUT2D eigenvalue weighted by atomic mass is 9.78. The van der Waals surface area contributed by atoms with Crippen molar-refractivity contribution >= 4 is 29.2 Å². The van der Waals surface area contributed by atoms with Crippen LogP contribution in [0.25, 0.3) is 0 Å². The number of benzene rings is 1. The lowest BCUT2D eigenvalue weighted by Gasteiger charge is -2.27. The van der Waals surface area contributed by atoms with Crippen molar-refractivity contribution in [3.63, 3.8) is 0 Å². The maximum absolute atomic E-state index is 12.6. The molecule has 0 heterocycles. The van der Waals surface area contributed by atoms with Crippen molar-refractivity contribution in [3.8, 4) is 5.75 Å². The fourth-order valence-electron chi connectivity index (χ4n) is 4.02. The van der Waals surface area contributed by atoms with Gasteiger partial charge in [0.1, 0.15) is 5.75 Å². The molecule has 5 nitrogen and oxygen atoms in total. The summed E-state index contributed by atoms with van der Waals surface area (Å²) in [7, 11) is 1.51. The van der Waals surface area contributed by atoms with E-state index in [1.165, 1.54) is 7.11 Å². The van der Waals surface area contributed by atoms with Crippen LogP contribution in [0.3, 0.4) is 0 Å². The van der Waals surface area contributed by atoms with Gasteiger partial charge in [0.2, 0.25) is 5.91 Å². The van der Waals surface area contributed by atoms with E-state index in [1.54, 1.807) is 18.2 Å². The number of methoxy groups -OCH3 is 1. The Labute approximate surface area is 133 Å². The Morgan fingerprint density at radius 3 is 2.59 bits per heavy atom. The minimum atomic E-state index is -0.870. The standard InChI is InChI=1S/C16H18ClNO4/c1-22-12-5-4-10(17)7-11(12)18-15(19)13-8-2-3-9(6-8)14(13)16(20)21/h4-5,7-9,13-14H,2-3,6H2,1H3,(H,18,19)(H,20,21)/t8-,9-,13-,14+/m0/s1. The van der Waals surface area contributed by atoms with Gasteiger partial charge in [-0.1, -0.05) is 11.6 Å². The van der Waals surface area contributed by atoms with Crippen molar-refractivity contribution in [3.05, 3.63) is 23.2 Å². The molecule has 2 aliphatic rings. The first-order chi connectivity index (χ1) is 10.5. The molecule has 0 aliphatic heterocycles. The molecular formula is C16H18ClNO4. The first kappa shape index (κ1) is 15.2. The summed E-state index contributed by atoms with van der Waals surface area (Å²) in [5, 5.41) is 12.7. The third kappa shape index (κ3) is 2.54. The summed E-state index contributed by atoms with van der Waals surface area (Å²) in [6, 6.07) is 4.96. The Kier molecular flexibility index (Phi) is 4.00. The monoisotopic (exact) mass is 323 g/mol. The van der Waals surface area contributed by atoms with Gasteiger partial charge < -0.3 is 15.2 Å². The zero-order valence-corrected chi connectivity index (χ0v) is 13.0. The van der Waals surface area contributed by atoms with Gasteiger partial charge in [-0.15, -0.1) is 0 Å². The molecule has 2 aliphatic carbocycles. The van der Waals surface area contributed by atoms with Gasteiger partial charge in [-0.3, -0.25) is 9.59 Å². The summed E-state index contributed by atoms with van der Waals surface area (Å²) >= 11 is 5.96. The van der Waals surface area contributed by atoms with Crippen LogP contribution in [0.15, 0.2) is 18.2 Å². The number of anilines is 1. The number of amides is 1. The first-order valence-corrected chi connectivity index (χ1v) is 7.76. The maximum atomic E-state index is 12.6. The van der Waals surface area contributed by atoms with E-state index < -0.39 is 17.8 Å². The SMILES string of the molecule is COc1ccc(Cl)cc1NC(=O)[C@H]1[C@H]2CC[C@@H](C2)[C@H]1C(=O)O. The molecule has 0 saturated heterocycles. The zero-order chi connectivity index (χ0) is 15.9. The lowest BCUT2D eigenvalue weighted by molar-refractivity contribution is -0.148. The molecular weight excluding hydrogens is 306 g/mol. The second kappa shape index (κ2) is 5.80. The Balaban J connectivity index is 1.82. The number of carboxylic acids is 1. The summed E-state index contributed by atoms with van der Waals surface area (Å²) < 4.78 is 5.21. The van der Waals surface area contributed by atoms with Crippen LogP contribution >= 0.6 is 11.6 Å². The number of aliphatic carboxylic acids is 1. The second-order valence-electron chi connectivity index (χ2n) is 6.06. The zero-order valence-electron chi connectivity index (χ0n) is 12.2. The number of carboxylic acid groups (broad SMARTS) is 1. The van der Waals surface area contributed by atoms with Crippen LogP contribution in [0.4, 0.5) is 5.69 Å². The second-order valence-corrected chi connectivity index (χ2v) is 6.49. The Bertz CT molecular complexity index is 618. The summed E-state index contributed by atoms with van der Waals surface area (Å²) in [6.07, 6.45) is 2.67. The van der Waals surface area contributed by atoms with Gasteiger partial charge >= 0.3 is 5.97 Å². The van der Waals surface area contributed by atoms with Gasteiger partial charge in [-0.2, -0.15) is 0 Å². The third-order valence-electron chi connectivity index (χ3n) is 4.92. The molecule has 6 heteroatoms. The Morgan fingerprint density at radius 1 is 1.27 bits per heavy atom. The predicted octanol–water partition coefficient (Wildman–Crippen LogP) is 3.03. The number of hydrogen-bond acceptors (Lipinski definition) is 3. The van der Waals surface area contributed by atoms with E-state index in [-0.39, 0.29) is 17.7 Å². The average molecular weight is 324 g/mol. The van der Waals surface area contributed by atoms with E-state index >= 15 is 0 Å². The van der Waals surface area contributed by atoms with Gasteiger partial charge in [-0.05, 0) is 49.3 Å². The minimum Gasteiger partial charge on any atom is -0.495 e. The Hall–Kier alpha value is -1.75. The first-order valence-electron chi connectivity index (χ1n) is 7.38. The number of nitrogens with one attached hydrogen (secondary N) is 1. The van der Waals surface area contributed by atoms with E-state index in [4.69, 9.17) is 16.3 Å². The maximum Gasteiger partial charge on any atom is 0.307 e. The van der Waals surface area contributed by atoms with E-state index in [0.29, 0.717) is 16.5 Å². The van der Waals surface area contributed by atoms with Crippen LogP contribution in [0.2, 0.25) is 5.02 Å². The quantitative estimate of drug-likeness (QED) is 0.893. The molecule has 0 radical (unpaired) electrons. The molecule has 2 N–H and O–H groups in total. The molecule has 2 saturated carbocycles. The third-order valence-corrected chi connectivity index (χ3v) is 5.16. The molecule has 1 amide bonds. The summed E-state index contributed by atoms with van der Waals surface area (Å²) in [4.78, 5) is 24.1. The number of carbonyl (C=O) groups excluding carboxylic acids is 1. The number of ether oxygens (including phenoxy) is 1. The topological polar surface area (TPSA) is 75.6 Å². The highest BCUT2D eigenvalue weighted by Crippen LogP contribution is 2.52. The molecule has 0 spiro atoms. The van der Waals surface area contributed by atoms with Crippen LogP contribution in [-0.2, 0) is 9.59 Å². The van der Waals surface area contributed by atoms with E-state index in [1.807, 2.05) is 0 Å². The lowest BCUT2D eigenvalue weighted by Crippen LogP contribution is -2.37. The molecule has 118 valence electrons. The molecule has 22 heavy (non-hydrogen) atoms. The van der Waals surface area contributed by atoms with Gasteiger partial charge in [0.05, 0.1) is 24.6 Å². The van der Waals surface area contributed by atoms with Gasteiger partial charge in [0, 0.05) is 5.02 Å². The van der Waals surface area contributed by atoms with Crippen molar-refractivity contribution < 1.29 is 19.4 Å². The predicted molar refractivity (Wildman–Crippen MR) is 82.1 cm³/mol. The number of halogens is 1. The normalized spacial score (nSPS) is 29.4. The highest BCUT2D eigenvalue weighted by atomic mass is 35.5. The minimum absolute atomic E-state index is 0.125. The molecule has 2 bridgehead atoms. The van der Waals surface area contributed by atoms with E-state index in [9.17, 15) is 14.7 Å². The largest absolute Gasteiger partial charge is 0.495 e. The highest BCUT2D eigenvalue weighted by molar-refractivity contribution is 6.31. The van der Waals surface area contributed by atoms with Gasteiger partial charge in [0.25, 0.3) is 0 Å². The Morgan fingerprint density at radius 2 is 1.95 bits per heavy atom. The van der Waals surface area contributed by atoms with Gasteiger partial charge in [0.15, 0.2) is 0 Å². The number of rotatable bonds is 4. The molecule has 1 aromatic rings. The highest BCUT2D eigenvalue weighted by Gasteiger charge is 2.54. The molecule has 0 aromatic heterocycles. The smallest absolute Gasteiger partial charge is 0.307 e. The molecule has 4 atom stereocenters. The van der Waals surface area contributed by atoms with Crippen molar-refractivity contribution in [2.45, 2.75) is 19.3 Å². The average Bonchev–Trinajstić information content (AvgIpc) is 3.08. The fraction of sp³-hybridized carbons (Fsp3) is 0.500. The van der Waals surface area contributed by atoms with E-state index in [0.717, 1.165) is 19.3 Å². The molecule has 2 fully saturated rings. The van der Waals surface area contributed by atoms with Crippen molar-refractivity contribution in [1.82, 2.24) is 0 Å². The van der Waals surface area contributed by atoms with Crippen molar-refractivity contribution in [2.75, 3.05) is 12.4 Å². The number of fused-ring (bicyclic) bond motifs is 2. The van der Waals surface area contributed by atoms with Crippen LogP contribution in [0, 0.1) is 23.7 Å². The van der Waals surface area contributed by atoms with Crippen LogP contribution in [0.5, 0.6) is 5.75 Å². The van der Waals surface area contributed by atoms with Crippen LogP contribution in [0.1, 0.15) is 19.3 Å². The molecule has 1 aromatic carbocycles. The van der Waals surface area contributed by atoms with Crippen molar-refractivity contribution in [2.24, 2.45) is 23.7 Å². The fourth-order valence-corrected chi connectivity index (χ4v) is 4.19. The molecule has 3 rings (SSSR count). The van der Waals surface area contributed by atoms with Crippen LogP contribution in [-0.4, -0.2) is 24.1 Å². The number of carbonyl (C=O) groups is 2. The van der Waals surface area contributed by atoms with E-state index in [2.05, 4.69) is 5.32 Å². The summed E-state index contributed by atoms with van der Waals surface area (Å²) in [5.41, 5.74) is 0.479. The summed E-state index contributed by atoms with van der Waals surface area (Å²) in [6.45, 7) is 0. The number of hydrogen-bond donors (Lipinski definition) is 2. The van der Waals surface area contributed by atoms with Crippen LogP contribution < -0.4 is 10.1 Å². The van der Waals surface area contributed by atoms with Gasteiger partial charge in [-0.25, -0.2) is 0 Å².